The zero-order valence-electron chi connectivity index (χ0n) is 11.9. The highest BCUT2D eigenvalue weighted by molar-refractivity contribution is 9.10. The van der Waals surface area contributed by atoms with Crippen molar-refractivity contribution in [3.8, 4) is 0 Å². The maximum atomic E-state index is 11.8. The van der Waals surface area contributed by atoms with Crippen LogP contribution in [0.1, 0.15) is 37.2 Å². The second-order valence-electron chi connectivity index (χ2n) is 5.31. The second-order valence-corrected chi connectivity index (χ2v) is 6.22. The van der Waals surface area contributed by atoms with Crippen LogP contribution in [0, 0.1) is 0 Å². The van der Waals surface area contributed by atoms with E-state index in [4.69, 9.17) is 9.47 Å². The molecule has 1 heterocycles. The zero-order valence-corrected chi connectivity index (χ0v) is 13.5. The van der Waals surface area contributed by atoms with Crippen molar-refractivity contribution in [2.45, 2.75) is 31.6 Å². The number of hydrogen-bond acceptors (Lipinski definition) is 3. The molecule has 1 atom stereocenters. The largest absolute Gasteiger partial charge is 0.463 e. The Kier molecular flexibility index (Phi) is 4.15. The highest BCUT2D eigenvalue weighted by Gasteiger charge is 2.30. The highest BCUT2D eigenvalue weighted by atomic mass is 79.9. The summed E-state index contributed by atoms with van der Waals surface area (Å²) in [4.78, 5) is 11.8. The van der Waals surface area contributed by atoms with Crippen LogP contribution < -0.4 is 0 Å². The van der Waals surface area contributed by atoms with Gasteiger partial charge in [0.1, 0.15) is 5.76 Å². The lowest BCUT2D eigenvalue weighted by molar-refractivity contribution is -0.139. The van der Waals surface area contributed by atoms with Crippen molar-refractivity contribution in [2.24, 2.45) is 0 Å². The number of ether oxygens (including phenoxy) is 2. The third kappa shape index (κ3) is 2.91. The predicted molar refractivity (Wildman–Crippen MR) is 83.6 cm³/mol. The van der Waals surface area contributed by atoms with E-state index in [-0.39, 0.29) is 5.92 Å². The zero-order chi connectivity index (χ0) is 14.8. The smallest absolute Gasteiger partial charge is 0.373 e. The van der Waals surface area contributed by atoms with Crippen molar-refractivity contribution in [1.82, 2.24) is 0 Å². The molecule has 2 aliphatic rings. The second kappa shape index (κ2) is 6.06. The maximum absolute atomic E-state index is 11.8. The summed E-state index contributed by atoms with van der Waals surface area (Å²) in [6.45, 7) is 0. The Hall–Kier alpha value is -1.55. The number of benzene rings is 1. The molecule has 4 heteroatoms. The van der Waals surface area contributed by atoms with Crippen molar-refractivity contribution in [3.05, 3.63) is 57.5 Å². The van der Waals surface area contributed by atoms with Crippen LogP contribution in [-0.2, 0) is 14.3 Å². The Morgan fingerprint density at radius 1 is 1.24 bits per heavy atom. The molecular weight excluding hydrogens is 332 g/mol. The van der Waals surface area contributed by atoms with Gasteiger partial charge in [-0.25, -0.2) is 4.79 Å². The molecule has 0 spiro atoms. The fourth-order valence-electron chi connectivity index (χ4n) is 2.94. The van der Waals surface area contributed by atoms with Gasteiger partial charge in [0.25, 0.3) is 0 Å². The molecule has 1 aliphatic carbocycles. The van der Waals surface area contributed by atoms with Gasteiger partial charge in [-0.05, 0) is 48.6 Å². The predicted octanol–water partition coefficient (Wildman–Crippen LogP) is 4.45. The molecule has 0 saturated carbocycles. The SMILES string of the molecule is COC(=O)C1=C[C@H](c2ccc(Br)cc2)C2=C(CCCC2)O1. The topological polar surface area (TPSA) is 35.5 Å². The van der Waals surface area contributed by atoms with Crippen molar-refractivity contribution >= 4 is 21.9 Å². The van der Waals surface area contributed by atoms with E-state index in [0.717, 1.165) is 29.5 Å². The molecular formula is C17H17BrO3. The standard InChI is InChI=1S/C17H17BrO3/c1-20-17(19)16-10-14(11-6-8-12(18)9-7-11)13-4-2-3-5-15(13)21-16/h6-10,14H,2-5H2,1H3/t14-/m1/s1. The van der Waals surface area contributed by atoms with Gasteiger partial charge < -0.3 is 9.47 Å². The van der Waals surface area contributed by atoms with Crippen LogP contribution in [0.25, 0.3) is 0 Å². The average molecular weight is 349 g/mol. The molecule has 0 N–H and O–H groups in total. The lowest BCUT2D eigenvalue weighted by Crippen LogP contribution is -2.19. The molecule has 21 heavy (non-hydrogen) atoms. The van der Waals surface area contributed by atoms with E-state index >= 15 is 0 Å². The van der Waals surface area contributed by atoms with Crippen LogP contribution in [0.15, 0.2) is 51.9 Å². The molecule has 1 aromatic rings. The Morgan fingerprint density at radius 2 is 1.95 bits per heavy atom. The summed E-state index contributed by atoms with van der Waals surface area (Å²) in [7, 11) is 1.38. The number of esters is 1. The summed E-state index contributed by atoms with van der Waals surface area (Å²) in [5, 5.41) is 0. The fourth-order valence-corrected chi connectivity index (χ4v) is 3.21. The van der Waals surface area contributed by atoms with Crippen molar-refractivity contribution in [3.63, 3.8) is 0 Å². The molecule has 0 bridgehead atoms. The number of halogens is 1. The minimum Gasteiger partial charge on any atom is -0.463 e. The molecule has 0 unspecified atom stereocenters. The first-order valence-corrected chi connectivity index (χ1v) is 7.93. The Labute approximate surface area is 132 Å². The Morgan fingerprint density at radius 3 is 2.67 bits per heavy atom. The van der Waals surface area contributed by atoms with E-state index in [9.17, 15) is 4.79 Å². The lowest BCUT2D eigenvalue weighted by Gasteiger charge is -2.30. The fraction of sp³-hybridized carbons (Fsp3) is 0.353. The van der Waals surface area contributed by atoms with Gasteiger partial charge in [0.15, 0.2) is 0 Å². The molecule has 0 saturated heterocycles. The summed E-state index contributed by atoms with van der Waals surface area (Å²) in [5.74, 6) is 0.966. The van der Waals surface area contributed by atoms with Crippen molar-refractivity contribution in [1.29, 1.82) is 0 Å². The summed E-state index contributed by atoms with van der Waals surface area (Å²) >= 11 is 3.46. The summed E-state index contributed by atoms with van der Waals surface area (Å²) in [5.41, 5.74) is 2.48. The monoisotopic (exact) mass is 348 g/mol. The Balaban J connectivity index is 2.01. The molecule has 3 rings (SSSR count). The van der Waals surface area contributed by atoms with Gasteiger partial charge in [0.2, 0.25) is 5.76 Å². The van der Waals surface area contributed by atoms with Crippen molar-refractivity contribution < 1.29 is 14.3 Å². The third-order valence-corrected chi connectivity index (χ3v) is 4.53. The summed E-state index contributed by atoms with van der Waals surface area (Å²) < 4.78 is 11.6. The van der Waals surface area contributed by atoms with Crippen LogP contribution in [0.5, 0.6) is 0 Å². The van der Waals surface area contributed by atoms with E-state index in [1.807, 2.05) is 18.2 Å². The van der Waals surface area contributed by atoms with E-state index < -0.39 is 5.97 Å². The number of rotatable bonds is 2. The maximum Gasteiger partial charge on any atom is 0.373 e. The number of carbonyl (C=O) groups excluding carboxylic acids is 1. The van der Waals surface area contributed by atoms with Gasteiger partial charge >= 0.3 is 5.97 Å². The van der Waals surface area contributed by atoms with E-state index in [2.05, 4.69) is 28.1 Å². The van der Waals surface area contributed by atoms with Crippen molar-refractivity contribution in [2.75, 3.05) is 7.11 Å². The first kappa shape index (κ1) is 14.4. The third-order valence-electron chi connectivity index (χ3n) is 4.00. The molecule has 0 amide bonds. The van der Waals surface area contributed by atoms with E-state index in [0.29, 0.717) is 5.76 Å². The normalized spacial score (nSPS) is 21.2. The summed E-state index contributed by atoms with van der Waals surface area (Å²) in [6.07, 6.45) is 6.11. The van der Waals surface area contributed by atoms with Crippen LogP contribution >= 0.6 is 15.9 Å². The van der Waals surface area contributed by atoms with Gasteiger partial charge in [-0.3, -0.25) is 0 Å². The molecule has 0 aromatic heterocycles. The number of allylic oxidation sites excluding steroid dienone is 3. The van der Waals surface area contributed by atoms with Crippen LogP contribution in [0.4, 0.5) is 0 Å². The lowest BCUT2D eigenvalue weighted by atomic mass is 9.82. The van der Waals surface area contributed by atoms with E-state index in [1.165, 1.54) is 24.7 Å². The molecule has 0 radical (unpaired) electrons. The summed E-state index contributed by atoms with van der Waals surface area (Å²) in [6, 6.07) is 8.23. The average Bonchev–Trinajstić information content (AvgIpc) is 2.54. The van der Waals surface area contributed by atoms with Crippen LogP contribution in [-0.4, -0.2) is 13.1 Å². The molecule has 3 nitrogen and oxygen atoms in total. The molecule has 1 aromatic carbocycles. The Bertz CT molecular complexity index is 613. The first-order chi connectivity index (χ1) is 10.2. The first-order valence-electron chi connectivity index (χ1n) is 7.14. The van der Waals surface area contributed by atoms with E-state index in [1.54, 1.807) is 0 Å². The minimum atomic E-state index is -0.408. The van der Waals surface area contributed by atoms with Gasteiger partial charge in [0.05, 0.1) is 7.11 Å². The van der Waals surface area contributed by atoms with Crippen LogP contribution in [0.3, 0.4) is 0 Å². The molecule has 110 valence electrons. The van der Waals surface area contributed by atoms with Gasteiger partial charge in [-0.1, -0.05) is 28.1 Å². The number of hydrogen-bond donors (Lipinski definition) is 0. The highest BCUT2D eigenvalue weighted by Crippen LogP contribution is 2.42. The van der Waals surface area contributed by atoms with Gasteiger partial charge in [0, 0.05) is 16.8 Å². The number of carbonyl (C=O) groups is 1. The van der Waals surface area contributed by atoms with Gasteiger partial charge in [-0.2, -0.15) is 0 Å². The number of methoxy groups -OCH3 is 1. The van der Waals surface area contributed by atoms with Crippen LogP contribution in [0.2, 0.25) is 0 Å². The molecule has 1 aliphatic heterocycles. The minimum absolute atomic E-state index is 0.108. The van der Waals surface area contributed by atoms with Gasteiger partial charge in [-0.15, -0.1) is 0 Å². The molecule has 0 fully saturated rings. The quantitative estimate of drug-likeness (QED) is 0.740.